The van der Waals surface area contributed by atoms with Crippen molar-refractivity contribution in [3.05, 3.63) is 217 Å². The van der Waals surface area contributed by atoms with Crippen molar-refractivity contribution in [2.45, 2.75) is 179 Å². The van der Waals surface area contributed by atoms with Crippen LogP contribution in [0, 0.1) is 0 Å². The number of fused-ring (bicyclic) bond motifs is 6. The molecule has 0 bridgehead atoms. The van der Waals surface area contributed by atoms with Gasteiger partial charge in [-0.25, -0.2) is 0 Å². The SMILES string of the molecule is CCCCNc1ccc2c3c(cccc13)C(=O)N(CCCC)C2=O.CCN1C(=S)N(c2ccccc2)C(=O)/C1=C/C=C1/Sc2ccccc2N1CC.CCN1c2ccc(/C=C3/SC(=S)N(CCC(=O)O)C3=O)cc2C2CCCC21.O=C1c2ccccc2-c2cc(=O)n(C3CCCCC3)c3ccc(NC4CCCCC4)c1c23. The van der Waals surface area contributed by atoms with E-state index in [1.165, 1.54) is 88.3 Å². The first-order valence-electron chi connectivity index (χ1n) is 39.9. The molecule has 111 heavy (non-hydrogen) atoms. The van der Waals surface area contributed by atoms with Crippen molar-refractivity contribution in [2.24, 2.45) is 0 Å². The number of thioether (sulfide) groups is 2. The van der Waals surface area contributed by atoms with Gasteiger partial charge in [-0.15, -0.1) is 0 Å². The van der Waals surface area contributed by atoms with Gasteiger partial charge in [0.1, 0.15) is 10.0 Å². The molecule has 8 aromatic rings. The fraction of sp³-hybridized carbons (Fsp3) is 0.367. The molecule has 4 amide bonds. The number of likely N-dealkylation sites (N-methyl/N-ethyl adjacent to an activating group) is 2. The molecule has 0 radical (unpaired) electrons. The number of allylic oxidation sites excluding steroid dienone is 2. The number of ketones is 1. The van der Waals surface area contributed by atoms with Gasteiger partial charge in [-0.05, 0) is 192 Å². The van der Waals surface area contributed by atoms with Gasteiger partial charge in [0.15, 0.2) is 10.9 Å². The van der Waals surface area contributed by atoms with Crippen LogP contribution in [0.4, 0.5) is 28.4 Å². The summed E-state index contributed by atoms with van der Waals surface area (Å²) in [6.07, 6.45) is 25.2. The number of unbranched alkanes of at least 4 members (excludes halogenated alkanes) is 2. The summed E-state index contributed by atoms with van der Waals surface area (Å²) in [6.45, 7) is 14.6. The van der Waals surface area contributed by atoms with E-state index in [0.717, 1.165) is 150 Å². The monoisotopic (exact) mass is 1560 g/mol. The number of para-hydroxylation sites is 2. The van der Waals surface area contributed by atoms with E-state index >= 15 is 0 Å². The molecule has 5 aliphatic heterocycles. The summed E-state index contributed by atoms with van der Waals surface area (Å²) < 4.78 is 2.43. The molecule has 574 valence electrons. The standard InChI is InChI=1S/C28H30N2O2.C22H21N3OS2.C20H22N2O3S2.C20H24N2O2/c31-25-17-22-20-13-7-8-14-21(20)28(32)27-23(29-18-9-3-1-4-10-18)15-16-24(26(22)27)30(25)19-11-5-2-6-12-19;1-3-23-17-12-8-9-13-19(17)28-20(23)15-14-18-21(26)25(22(27)24(18)4-2)16-10-6-5-7-11-16;1-2-21-15-5-3-4-13(15)14-10-12(6-7-16(14)21)11-17-19(25)22(20(26)27-17)9-8-18(23)24;1-3-5-12-21-17-11-10-16-18-14(17)8-7-9-15(18)19(23)22(20(16)24)13-6-4-2/h7-8,13-19,29H,1-6,9-12H2;5-15H,3-4H2,1-2H3;6-7,10-11,13,15H,2-5,8-9H2,1H3,(H,23,24);7-11,21H,3-6,12-13H2,1-2H3/b;18-14-,20-15+;17-11+;. The number of carbonyl (C=O) groups excluding carboxylic acids is 5. The molecule has 21 heteroatoms. The number of rotatable bonds is 19. The predicted octanol–water partition coefficient (Wildman–Crippen LogP) is 19.7. The van der Waals surface area contributed by atoms with Crippen LogP contribution in [0.2, 0.25) is 0 Å². The predicted molar refractivity (Wildman–Crippen MR) is 460 cm³/mol. The largest absolute Gasteiger partial charge is 0.481 e. The van der Waals surface area contributed by atoms with Gasteiger partial charge in [-0.2, -0.15) is 0 Å². The van der Waals surface area contributed by atoms with Crippen LogP contribution in [0.25, 0.3) is 38.9 Å². The van der Waals surface area contributed by atoms with Crippen molar-refractivity contribution < 1.29 is 33.9 Å². The molecule has 5 fully saturated rings. The highest BCUT2D eigenvalue weighted by molar-refractivity contribution is 8.26. The van der Waals surface area contributed by atoms with Crippen molar-refractivity contribution in [2.75, 3.05) is 64.6 Å². The topological polar surface area (TPSA) is 188 Å². The summed E-state index contributed by atoms with van der Waals surface area (Å²) in [4.78, 5) is 102. The van der Waals surface area contributed by atoms with Crippen molar-refractivity contribution >= 4 is 149 Å². The zero-order valence-corrected chi connectivity index (χ0v) is 67.2. The minimum absolute atomic E-state index is 0.0579. The third-order valence-corrected chi connectivity index (χ3v) is 25.8. The molecular weight excluding hydrogens is 1460 g/mol. The van der Waals surface area contributed by atoms with Gasteiger partial charge in [0.25, 0.3) is 29.2 Å². The lowest BCUT2D eigenvalue weighted by Crippen LogP contribution is -2.40. The molecule has 2 saturated heterocycles. The van der Waals surface area contributed by atoms with Crippen LogP contribution in [0.5, 0.6) is 0 Å². The van der Waals surface area contributed by atoms with Gasteiger partial charge >= 0.3 is 5.97 Å². The van der Waals surface area contributed by atoms with Crippen LogP contribution in [0.15, 0.2) is 183 Å². The number of hydrogen-bond acceptors (Lipinski definition) is 15. The van der Waals surface area contributed by atoms with Crippen molar-refractivity contribution in [1.29, 1.82) is 0 Å². The van der Waals surface area contributed by atoms with Crippen LogP contribution >= 0.6 is 48.0 Å². The van der Waals surface area contributed by atoms with E-state index in [2.05, 4.69) is 103 Å². The van der Waals surface area contributed by atoms with E-state index < -0.39 is 5.97 Å². The van der Waals surface area contributed by atoms with Crippen LogP contribution in [-0.2, 0) is 14.4 Å². The number of imide groups is 1. The highest BCUT2D eigenvalue weighted by Crippen LogP contribution is 2.51. The number of carboxylic acids is 1. The normalized spacial score (nSPS) is 19.5. The van der Waals surface area contributed by atoms with E-state index in [0.29, 0.717) is 67.8 Å². The second-order valence-corrected chi connectivity index (χ2v) is 32.7. The van der Waals surface area contributed by atoms with Crippen molar-refractivity contribution in [3.8, 4) is 11.1 Å². The van der Waals surface area contributed by atoms with Gasteiger partial charge in [0.2, 0.25) is 0 Å². The number of aliphatic carboxylic acids is 1. The van der Waals surface area contributed by atoms with E-state index in [1.807, 2.05) is 120 Å². The molecule has 17 rings (SSSR count). The minimum atomic E-state index is -0.932. The van der Waals surface area contributed by atoms with Crippen LogP contribution in [-0.4, -0.2) is 121 Å². The average Bonchev–Trinajstić information content (AvgIpc) is 1.65. The maximum Gasteiger partial charge on any atom is 0.305 e. The number of pyridine rings is 1. The lowest BCUT2D eigenvalue weighted by Gasteiger charge is -2.30. The molecule has 3 N–H and O–H groups in total. The fourth-order valence-corrected chi connectivity index (χ4v) is 20.3. The number of carboxylic acid groups (broad SMARTS) is 1. The first-order chi connectivity index (χ1) is 54.0. The molecule has 0 spiro atoms. The smallest absolute Gasteiger partial charge is 0.305 e. The highest BCUT2D eigenvalue weighted by Gasteiger charge is 2.42. The number of hydrogen-bond donors (Lipinski definition) is 3. The number of aromatic nitrogens is 1. The highest BCUT2D eigenvalue weighted by atomic mass is 32.2. The zero-order valence-electron chi connectivity index (χ0n) is 63.9. The molecule has 17 nitrogen and oxygen atoms in total. The van der Waals surface area contributed by atoms with Gasteiger partial charge in [0.05, 0.1) is 38.8 Å². The average molecular weight is 1560 g/mol. The van der Waals surface area contributed by atoms with E-state index in [1.54, 1.807) is 22.7 Å². The first kappa shape index (κ1) is 78.0. The number of nitrogens with one attached hydrogen (secondary N) is 2. The van der Waals surface area contributed by atoms with Gasteiger partial charge in [-0.3, -0.25) is 48.3 Å². The van der Waals surface area contributed by atoms with Crippen LogP contribution in [0.3, 0.4) is 0 Å². The fourth-order valence-electron chi connectivity index (χ4n) is 17.5. The number of benzene rings is 7. The molecule has 3 saturated carbocycles. The molecule has 6 heterocycles. The van der Waals surface area contributed by atoms with Crippen molar-refractivity contribution in [1.82, 2.24) is 19.3 Å². The Bertz CT molecular complexity index is 5120. The number of amides is 4. The third kappa shape index (κ3) is 15.7. The lowest BCUT2D eigenvalue weighted by molar-refractivity contribution is -0.137. The maximum absolute atomic E-state index is 13.8. The number of anilines is 5. The van der Waals surface area contributed by atoms with Gasteiger partial charge in [0, 0.05) is 124 Å². The minimum Gasteiger partial charge on any atom is -0.481 e. The lowest BCUT2D eigenvalue weighted by atomic mass is 9.82. The summed E-state index contributed by atoms with van der Waals surface area (Å²) in [5.41, 5.74) is 13.8. The second-order valence-electron chi connectivity index (χ2n) is 29.6. The molecule has 9 aliphatic rings. The summed E-state index contributed by atoms with van der Waals surface area (Å²) in [5, 5.41) is 20.3. The summed E-state index contributed by atoms with van der Waals surface area (Å²) in [5.74, 6) is -0.879. The molecule has 4 aliphatic carbocycles. The Kier molecular flexibility index (Phi) is 24.6. The maximum atomic E-state index is 13.8. The van der Waals surface area contributed by atoms with Crippen molar-refractivity contribution in [3.63, 3.8) is 0 Å². The molecule has 2 atom stereocenters. The Hall–Kier alpha value is -9.67. The first-order valence-corrected chi connectivity index (χ1v) is 42.3. The molecule has 2 unspecified atom stereocenters. The number of nitrogens with zero attached hydrogens (tertiary/aromatic N) is 7. The second kappa shape index (κ2) is 34.9. The Morgan fingerprint density at radius 1 is 0.568 bits per heavy atom. The zero-order chi connectivity index (χ0) is 77.6. The molecule has 7 aromatic carbocycles. The Morgan fingerprint density at radius 2 is 1.26 bits per heavy atom. The van der Waals surface area contributed by atoms with E-state index in [4.69, 9.17) is 29.5 Å². The summed E-state index contributed by atoms with van der Waals surface area (Å²) in [7, 11) is 0. The van der Waals surface area contributed by atoms with E-state index in [-0.39, 0.29) is 54.0 Å². The summed E-state index contributed by atoms with van der Waals surface area (Å²) in [6, 6.07) is 48.9. The molecular formula is C90H97N9O8S4. The Balaban J connectivity index is 0.000000124. The Morgan fingerprint density at radius 3 is 1.99 bits per heavy atom. The number of carbonyl (C=O) groups is 6. The van der Waals surface area contributed by atoms with Gasteiger partial charge in [-0.1, -0.05) is 180 Å². The van der Waals surface area contributed by atoms with Crippen LogP contribution in [0.1, 0.15) is 210 Å². The Labute approximate surface area is 669 Å². The quantitative estimate of drug-likeness (QED) is 0.0300. The molecule has 1 aromatic heterocycles. The third-order valence-electron chi connectivity index (χ3n) is 22.9. The number of thiocarbonyl (C=S) groups is 2. The van der Waals surface area contributed by atoms with Gasteiger partial charge < -0.3 is 35.0 Å². The van der Waals surface area contributed by atoms with E-state index in [9.17, 15) is 33.6 Å². The van der Waals surface area contributed by atoms with Crippen LogP contribution < -0.4 is 30.9 Å². The summed E-state index contributed by atoms with van der Waals surface area (Å²) >= 11 is 13.8.